The van der Waals surface area contributed by atoms with Gasteiger partial charge in [-0.1, -0.05) is 12.2 Å². The molecule has 0 saturated carbocycles. The fourth-order valence-electron chi connectivity index (χ4n) is 1.83. The van der Waals surface area contributed by atoms with Crippen LogP contribution >= 0.6 is 0 Å². The van der Waals surface area contributed by atoms with Gasteiger partial charge in [-0.15, -0.1) is 0 Å². The minimum absolute atomic E-state index is 0.259. The highest BCUT2D eigenvalue weighted by molar-refractivity contribution is 5.77. The lowest BCUT2D eigenvalue weighted by Crippen LogP contribution is -2.33. The summed E-state index contributed by atoms with van der Waals surface area (Å²) in [5.74, 6) is 0.144. The zero-order chi connectivity index (χ0) is 15.9. The third-order valence-corrected chi connectivity index (χ3v) is 2.94. The molecule has 0 saturated heterocycles. The first-order valence-corrected chi connectivity index (χ1v) is 7.03. The molecule has 22 heavy (non-hydrogen) atoms. The summed E-state index contributed by atoms with van der Waals surface area (Å²) in [7, 11) is 0. The smallest absolute Gasteiger partial charge is 0.188 e. The molecule has 0 aliphatic rings. The highest BCUT2D eigenvalue weighted by atomic mass is 19.1. The molecule has 0 atom stereocenters. The Morgan fingerprint density at radius 3 is 2.77 bits per heavy atom. The van der Waals surface area contributed by atoms with E-state index in [1.54, 1.807) is 16.8 Å². The molecule has 0 aliphatic carbocycles. The average molecular weight is 301 g/mol. The number of halogens is 1. The van der Waals surface area contributed by atoms with Crippen molar-refractivity contribution in [1.82, 2.24) is 15.1 Å². The predicted octanol–water partition coefficient (Wildman–Crippen LogP) is 2.03. The number of nitrogens with zero attached hydrogens (tertiary/aromatic N) is 3. The first kappa shape index (κ1) is 15.8. The van der Waals surface area contributed by atoms with Crippen molar-refractivity contribution < 1.29 is 4.39 Å². The summed E-state index contributed by atoms with van der Waals surface area (Å²) in [5.41, 5.74) is 8.44. The molecule has 0 bridgehead atoms. The molecular weight excluding hydrogens is 281 g/mol. The van der Waals surface area contributed by atoms with Crippen molar-refractivity contribution in [1.29, 1.82) is 0 Å². The molecule has 0 amide bonds. The summed E-state index contributed by atoms with van der Waals surface area (Å²) < 4.78 is 14.6. The van der Waals surface area contributed by atoms with E-state index in [1.807, 2.05) is 19.2 Å². The fourth-order valence-corrected chi connectivity index (χ4v) is 1.83. The third kappa shape index (κ3) is 4.73. The second-order valence-electron chi connectivity index (χ2n) is 5.06. The van der Waals surface area contributed by atoms with Gasteiger partial charge in [0, 0.05) is 19.2 Å². The zero-order valence-electron chi connectivity index (χ0n) is 12.6. The highest BCUT2D eigenvalue weighted by Crippen LogP contribution is 2.09. The van der Waals surface area contributed by atoms with Crippen LogP contribution in [0.2, 0.25) is 0 Å². The number of hydrogen-bond acceptors (Lipinski definition) is 2. The van der Waals surface area contributed by atoms with E-state index in [-0.39, 0.29) is 5.82 Å². The maximum atomic E-state index is 12.9. The van der Waals surface area contributed by atoms with Gasteiger partial charge in [0.05, 0.1) is 17.9 Å². The summed E-state index contributed by atoms with van der Waals surface area (Å²) in [6.45, 7) is 6.84. The molecule has 6 heteroatoms. The largest absolute Gasteiger partial charge is 0.370 e. The van der Waals surface area contributed by atoms with Crippen molar-refractivity contribution in [2.45, 2.75) is 13.3 Å². The maximum absolute atomic E-state index is 12.9. The molecule has 1 aromatic heterocycles. The lowest BCUT2D eigenvalue weighted by atomic mass is 10.3. The van der Waals surface area contributed by atoms with Crippen LogP contribution in [0.25, 0.3) is 5.69 Å². The summed E-state index contributed by atoms with van der Waals surface area (Å²) in [5, 5.41) is 7.47. The van der Waals surface area contributed by atoms with Crippen LogP contribution in [0, 0.1) is 5.82 Å². The number of nitrogens with two attached hydrogens (primary N) is 1. The normalized spacial score (nSPS) is 11.5. The van der Waals surface area contributed by atoms with E-state index in [1.165, 1.54) is 12.1 Å². The molecule has 0 fully saturated rings. The van der Waals surface area contributed by atoms with E-state index in [2.05, 4.69) is 22.0 Å². The van der Waals surface area contributed by atoms with Gasteiger partial charge in [-0.2, -0.15) is 5.10 Å². The number of aliphatic imine (C=N–C) groups is 1. The second-order valence-corrected chi connectivity index (χ2v) is 5.06. The number of nitrogens with one attached hydrogen (secondary N) is 1. The molecule has 2 aromatic rings. The third-order valence-electron chi connectivity index (χ3n) is 2.94. The Kier molecular flexibility index (Phi) is 5.30. The maximum Gasteiger partial charge on any atom is 0.188 e. The van der Waals surface area contributed by atoms with E-state index in [9.17, 15) is 4.39 Å². The minimum atomic E-state index is -0.259. The second kappa shape index (κ2) is 7.40. The lowest BCUT2D eigenvalue weighted by Gasteiger charge is -2.04. The van der Waals surface area contributed by atoms with Gasteiger partial charge in [-0.05, 0) is 37.3 Å². The van der Waals surface area contributed by atoms with Gasteiger partial charge in [0.1, 0.15) is 5.82 Å². The Morgan fingerprint density at radius 2 is 2.09 bits per heavy atom. The summed E-state index contributed by atoms with van der Waals surface area (Å²) >= 11 is 0. The SMILES string of the molecule is C=C(C)CN=C(N)NCCc1ccn(-c2ccc(F)cc2)n1. The summed E-state index contributed by atoms with van der Waals surface area (Å²) in [4.78, 5) is 4.14. The van der Waals surface area contributed by atoms with Gasteiger partial charge >= 0.3 is 0 Å². The van der Waals surface area contributed by atoms with Crippen LogP contribution < -0.4 is 11.1 Å². The molecule has 0 aliphatic heterocycles. The van der Waals surface area contributed by atoms with Crippen LogP contribution in [0.4, 0.5) is 4.39 Å². The molecule has 5 nitrogen and oxygen atoms in total. The quantitative estimate of drug-likeness (QED) is 0.487. The molecule has 3 N–H and O–H groups in total. The van der Waals surface area contributed by atoms with Crippen molar-refractivity contribution in [2.75, 3.05) is 13.1 Å². The molecule has 0 unspecified atom stereocenters. The van der Waals surface area contributed by atoms with Gasteiger partial charge < -0.3 is 11.1 Å². The average Bonchev–Trinajstić information content (AvgIpc) is 2.95. The number of hydrogen-bond donors (Lipinski definition) is 2. The Morgan fingerprint density at radius 1 is 1.36 bits per heavy atom. The molecule has 0 radical (unpaired) electrons. The van der Waals surface area contributed by atoms with Crippen LogP contribution in [0.1, 0.15) is 12.6 Å². The Hall–Kier alpha value is -2.63. The van der Waals surface area contributed by atoms with Crippen LogP contribution in [0.15, 0.2) is 53.7 Å². The van der Waals surface area contributed by atoms with Gasteiger partial charge in [0.2, 0.25) is 0 Å². The van der Waals surface area contributed by atoms with Crippen LogP contribution in [-0.2, 0) is 6.42 Å². The highest BCUT2D eigenvalue weighted by Gasteiger charge is 2.02. The Labute approximate surface area is 129 Å². The van der Waals surface area contributed by atoms with Crippen molar-refractivity contribution in [3.8, 4) is 5.69 Å². The predicted molar refractivity (Wildman–Crippen MR) is 86.5 cm³/mol. The number of rotatable bonds is 6. The standard InChI is InChI=1S/C16H20FN5/c1-12(2)11-20-16(18)19-9-7-14-8-10-22(21-14)15-5-3-13(17)4-6-15/h3-6,8,10H,1,7,9,11H2,2H3,(H3,18,19,20). The first-order valence-electron chi connectivity index (χ1n) is 7.03. The number of guanidine groups is 1. The van der Waals surface area contributed by atoms with E-state index in [4.69, 9.17) is 5.73 Å². The Bertz CT molecular complexity index is 657. The van der Waals surface area contributed by atoms with Gasteiger partial charge in [-0.3, -0.25) is 0 Å². The van der Waals surface area contributed by atoms with Gasteiger partial charge in [0.15, 0.2) is 5.96 Å². The van der Waals surface area contributed by atoms with Crippen molar-refractivity contribution >= 4 is 5.96 Å². The number of benzene rings is 1. The minimum Gasteiger partial charge on any atom is -0.370 e. The van der Waals surface area contributed by atoms with Crippen LogP contribution in [-0.4, -0.2) is 28.8 Å². The Balaban J connectivity index is 1.86. The van der Waals surface area contributed by atoms with Crippen molar-refractivity contribution in [3.05, 3.63) is 60.2 Å². The summed E-state index contributed by atoms with van der Waals surface area (Å²) in [6.07, 6.45) is 2.57. The molecule has 0 spiro atoms. The van der Waals surface area contributed by atoms with Crippen LogP contribution in [0.5, 0.6) is 0 Å². The van der Waals surface area contributed by atoms with Gasteiger partial charge in [-0.25, -0.2) is 14.1 Å². The lowest BCUT2D eigenvalue weighted by molar-refractivity contribution is 0.627. The van der Waals surface area contributed by atoms with Crippen LogP contribution in [0.3, 0.4) is 0 Å². The van der Waals surface area contributed by atoms with E-state index >= 15 is 0 Å². The first-order chi connectivity index (χ1) is 10.5. The summed E-state index contributed by atoms with van der Waals surface area (Å²) in [6, 6.07) is 8.12. The molecule has 1 aromatic carbocycles. The zero-order valence-corrected chi connectivity index (χ0v) is 12.6. The van der Waals surface area contributed by atoms with Crippen molar-refractivity contribution in [3.63, 3.8) is 0 Å². The molecular formula is C16H20FN5. The topological polar surface area (TPSA) is 68.2 Å². The van der Waals surface area contributed by atoms with Crippen molar-refractivity contribution in [2.24, 2.45) is 10.7 Å². The molecule has 2 rings (SSSR count). The van der Waals surface area contributed by atoms with Gasteiger partial charge in [0.25, 0.3) is 0 Å². The molecule has 116 valence electrons. The van der Waals surface area contributed by atoms with E-state index in [0.29, 0.717) is 19.0 Å². The molecule has 1 heterocycles. The van der Waals surface area contributed by atoms with E-state index in [0.717, 1.165) is 23.4 Å². The fraction of sp³-hybridized carbons (Fsp3) is 0.250. The number of aromatic nitrogens is 2. The van der Waals surface area contributed by atoms with E-state index < -0.39 is 0 Å². The monoisotopic (exact) mass is 301 g/mol.